The highest BCUT2D eigenvalue weighted by Gasteiger charge is 2.20. The quantitative estimate of drug-likeness (QED) is 0.585. The molecular formula is C16H20ClNO2. The van der Waals surface area contributed by atoms with Crippen molar-refractivity contribution >= 4 is 28.5 Å². The van der Waals surface area contributed by atoms with Gasteiger partial charge >= 0.3 is 0 Å². The van der Waals surface area contributed by atoms with E-state index in [9.17, 15) is 4.79 Å². The van der Waals surface area contributed by atoms with Crippen LogP contribution in [0, 0.1) is 0 Å². The van der Waals surface area contributed by atoms with Gasteiger partial charge in [0.2, 0.25) is 5.91 Å². The standard InChI is InChI=1S/C16H20ClNO2/c1-12(18(2)16(19)9-5-6-10-17)15-11-13-7-3-4-8-14(13)20-15/h3-4,7-8,11-12H,5-6,9-10H2,1-2H3. The van der Waals surface area contributed by atoms with E-state index in [1.165, 1.54) is 0 Å². The van der Waals surface area contributed by atoms with Crippen LogP contribution in [0.15, 0.2) is 34.7 Å². The molecule has 0 N–H and O–H groups in total. The van der Waals surface area contributed by atoms with Gasteiger partial charge in [0.1, 0.15) is 11.3 Å². The number of amides is 1. The van der Waals surface area contributed by atoms with Crippen LogP contribution in [0.25, 0.3) is 11.0 Å². The number of carbonyl (C=O) groups is 1. The second-order valence-electron chi connectivity index (χ2n) is 5.01. The van der Waals surface area contributed by atoms with Crippen LogP contribution in [-0.2, 0) is 4.79 Å². The molecule has 0 radical (unpaired) electrons. The van der Waals surface area contributed by atoms with Crippen LogP contribution in [-0.4, -0.2) is 23.7 Å². The zero-order valence-electron chi connectivity index (χ0n) is 11.9. The van der Waals surface area contributed by atoms with Crippen molar-refractivity contribution in [3.8, 4) is 0 Å². The van der Waals surface area contributed by atoms with Crippen LogP contribution in [0.3, 0.4) is 0 Å². The van der Waals surface area contributed by atoms with Gasteiger partial charge < -0.3 is 9.32 Å². The zero-order valence-corrected chi connectivity index (χ0v) is 12.7. The average molecular weight is 294 g/mol. The summed E-state index contributed by atoms with van der Waals surface area (Å²) in [5, 5.41) is 1.07. The van der Waals surface area contributed by atoms with Crippen LogP contribution in [0.2, 0.25) is 0 Å². The maximum absolute atomic E-state index is 12.1. The van der Waals surface area contributed by atoms with E-state index < -0.39 is 0 Å². The predicted octanol–water partition coefficient (Wildman–Crippen LogP) is 4.36. The molecule has 1 amide bonds. The summed E-state index contributed by atoms with van der Waals surface area (Å²) in [5.74, 6) is 1.55. The number of hydrogen-bond donors (Lipinski definition) is 0. The first kappa shape index (κ1) is 14.9. The molecule has 0 aliphatic carbocycles. The van der Waals surface area contributed by atoms with Gasteiger partial charge in [0.15, 0.2) is 0 Å². The number of halogens is 1. The molecule has 108 valence electrons. The number of unbranched alkanes of at least 4 members (excludes halogenated alkanes) is 1. The summed E-state index contributed by atoms with van der Waals surface area (Å²) in [7, 11) is 1.82. The lowest BCUT2D eigenvalue weighted by atomic mass is 10.1. The van der Waals surface area contributed by atoms with Gasteiger partial charge in [0.05, 0.1) is 6.04 Å². The van der Waals surface area contributed by atoms with Crippen molar-refractivity contribution < 1.29 is 9.21 Å². The minimum Gasteiger partial charge on any atom is -0.459 e. The summed E-state index contributed by atoms with van der Waals surface area (Å²) in [4.78, 5) is 13.8. The van der Waals surface area contributed by atoms with Crippen LogP contribution < -0.4 is 0 Å². The number of benzene rings is 1. The summed E-state index contributed by atoms with van der Waals surface area (Å²) in [5.41, 5.74) is 0.859. The molecule has 0 bridgehead atoms. The number of rotatable bonds is 6. The van der Waals surface area contributed by atoms with Gasteiger partial charge in [-0.2, -0.15) is 0 Å². The highest BCUT2D eigenvalue weighted by molar-refractivity contribution is 6.17. The van der Waals surface area contributed by atoms with Gasteiger partial charge in [-0.05, 0) is 31.9 Å². The molecule has 1 aromatic heterocycles. The van der Waals surface area contributed by atoms with E-state index >= 15 is 0 Å². The van der Waals surface area contributed by atoms with E-state index in [-0.39, 0.29) is 11.9 Å². The molecule has 0 saturated heterocycles. The maximum atomic E-state index is 12.1. The highest BCUT2D eigenvalue weighted by Crippen LogP contribution is 2.27. The Hall–Kier alpha value is -1.48. The smallest absolute Gasteiger partial charge is 0.222 e. The Morgan fingerprint density at radius 2 is 2.10 bits per heavy atom. The Morgan fingerprint density at radius 3 is 2.80 bits per heavy atom. The predicted molar refractivity (Wildman–Crippen MR) is 82.0 cm³/mol. The van der Waals surface area contributed by atoms with Gasteiger partial charge in [0, 0.05) is 24.7 Å². The van der Waals surface area contributed by atoms with Crippen molar-refractivity contribution in [3.05, 3.63) is 36.1 Å². The second kappa shape index (κ2) is 6.80. The number of carbonyl (C=O) groups excluding carboxylic acids is 1. The molecule has 0 aliphatic heterocycles. The van der Waals surface area contributed by atoms with E-state index in [0.717, 1.165) is 29.6 Å². The number of furan rings is 1. The van der Waals surface area contributed by atoms with Crippen LogP contribution in [0.1, 0.15) is 38.0 Å². The second-order valence-corrected chi connectivity index (χ2v) is 5.39. The van der Waals surface area contributed by atoms with Crippen molar-refractivity contribution in [1.29, 1.82) is 0 Å². The summed E-state index contributed by atoms with van der Waals surface area (Å²) in [6.07, 6.45) is 2.24. The third kappa shape index (κ3) is 3.34. The molecule has 20 heavy (non-hydrogen) atoms. The van der Waals surface area contributed by atoms with Crippen LogP contribution in [0.5, 0.6) is 0 Å². The Bertz CT molecular complexity index is 546. The fraction of sp³-hybridized carbons (Fsp3) is 0.438. The van der Waals surface area contributed by atoms with Crippen molar-refractivity contribution in [1.82, 2.24) is 4.90 Å². The molecule has 0 saturated carbocycles. The number of hydrogen-bond acceptors (Lipinski definition) is 2. The molecule has 2 aromatic rings. The first-order valence-corrected chi connectivity index (χ1v) is 7.47. The number of alkyl halides is 1. The van der Waals surface area contributed by atoms with Gasteiger partial charge in [-0.1, -0.05) is 18.2 Å². The molecule has 4 heteroatoms. The summed E-state index contributed by atoms with van der Waals surface area (Å²) < 4.78 is 5.81. The van der Waals surface area contributed by atoms with E-state index in [1.54, 1.807) is 4.90 Å². The fourth-order valence-electron chi connectivity index (χ4n) is 2.16. The summed E-state index contributed by atoms with van der Waals surface area (Å²) >= 11 is 5.63. The molecule has 1 heterocycles. The van der Waals surface area contributed by atoms with E-state index in [4.69, 9.17) is 16.0 Å². The lowest BCUT2D eigenvalue weighted by Crippen LogP contribution is -2.29. The van der Waals surface area contributed by atoms with Crippen LogP contribution >= 0.6 is 11.6 Å². The lowest BCUT2D eigenvalue weighted by molar-refractivity contribution is -0.132. The number of nitrogens with zero attached hydrogens (tertiary/aromatic N) is 1. The molecule has 3 nitrogen and oxygen atoms in total. The third-order valence-corrected chi connectivity index (χ3v) is 3.87. The largest absolute Gasteiger partial charge is 0.459 e. The van der Waals surface area contributed by atoms with E-state index in [1.807, 2.05) is 44.3 Å². The Labute approximate surface area is 124 Å². The minimum absolute atomic E-state index is 0.0640. The van der Waals surface area contributed by atoms with Gasteiger partial charge in [-0.15, -0.1) is 11.6 Å². The first-order valence-electron chi connectivity index (χ1n) is 6.93. The Morgan fingerprint density at radius 1 is 1.35 bits per heavy atom. The number of para-hydroxylation sites is 1. The molecule has 1 unspecified atom stereocenters. The Kier molecular flexibility index (Phi) is 5.07. The Balaban J connectivity index is 2.05. The fourth-order valence-corrected chi connectivity index (χ4v) is 2.35. The molecule has 1 atom stereocenters. The van der Waals surface area contributed by atoms with E-state index in [0.29, 0.717) is 12.3 Å². The minimum atomic E-state index is -0.0640. The lowest BCUT2D eigenvalue weighted by Gasteiger charge is -2.23. The van der Waals surface area contributed by atoms with Crippen molar-refractivity contribution in [3.63, 3.8) is 0 Å². The topological polar surface area (TPSA) is 33.5 Å². The van der Waals surface area contributed by atoms with Crippen LogP contribution in [0.4, 0.5) is 0 Å². The van der Waals surface area contributed by atoms with E-state index in [2.05, 4.69) is 0 Å². The number of fused-ring (bicyclic) bond motifs is 1. The monoisotopic (exact) mass is 293 g/mol. The van der Waals surface area contributed by atoms with Gasteiger partial charge in [-0.25, -0.2) is 0 Å². The first-order chi connectivity index (χ1) is 9.63. The van der Waals surface area contributed by atoms with Gasteiger partial charge in [0.25, 0.3) is 0 Å². The van der Waals surface area contributed by atoms with Gasteiger partial charge in [-0.3, -0.25) is 4.79 Å². The SMILES string of the molecule is CC(c1cc2ccccc2o1)N(C)C(=O)CCCCCl. The van der Waals surface area contributed by atoms with Crippen molar-refractivity contribution in [2.75, 3.05) is 12.9 Å². The molecule has 1 aromatic carbocycles. The summed E-state index contributed by atoms with van der Waals surface area (Å²) in [6.45, 7) is 1.98. The average Bonchev–Trinajstić information content (AvgIpc) is 2.89. The zero-order chi connectivity index (χ0) is 14.5. The molecule has 2 rings (SSSR count). The maximum Gasteiger partial charge on any atom is 0.222 e. The normalized spacial score (nSPS) is 12.6. The highest BCUT2D eigenvalue weighted by atomic mass is 35.5. The molecule has 0 fully saturated rings. The molecular weight excluding hydrogens is 274 g/mol. The summed E-state index contributed by atoms with van der Waals surface area (Å²) in [6, 6.07) is 9.81. The third-order valence-electron chi connectivity index (χ3n) is 3.60. The molecule has 0 spiro atoms. The molecule has 0 aliphatic rings. The van der Waals surface area contributed by atoms with Crippen molar-refractivity contribution in [2.24, 2.45) is 0 Å². The van der Waals surface area contributed by atoms with Crippen molar-refractivity contribution in [2.45, 2.75) is 32.2 Å².